The largest absolute Gasteiger partial charge is 0.327 e. The van der Waals surface area contributed by atoms with E-state index in [0.717, 1.165) is 12.0 Å². The van der Waals surface area contributed by atoms with Gasteiger partial charge in [0.15, 0.2) is 0 Å². The molecule has 0 aliphatic carbocycles. The van der Waals surface area contributed by atoms with Crippen molar-refractivity contribution in [3.05, 3.63) is 39.9 Å². The number of nitro groups is 1. The molecule has 1 rings (SSSR count). The Balaban J connectivity index is 2.66. The van der Waals surface area contributed by atoms with Crippen LogP contribution in [0.1, 0.15) is 25.8 Å². The van der Waals surface area contributed by atoms with Crippen molar-refractivity contribution in [1.29, 1.82) is 0 Å². The van der Waals surface area contributed by atoms with Gasteiger partial charge in [0.25, 0.3) is 5.69 Å². The van der Waals surface area contributed by atoms with Crippen molar-refractivity contribution in [2.24, 2.45) is 11.7 Å². The molecule has 88 valence electrons. The lowest BCUT2D eigenvalue weighted by atomic mass is 9.98. The van der Waals surface area contributed by atoms with Crippen molar-refractivity contribution in [2.75, 3.05) is 0 Å². The van der Waals surface area contributed by atoms with Crippen molar-refractivity contribution >= 4 is 5.69 Å². The number of hydrogen-bond acceptors (Lipinski definition) is 3. The van der Waals surface area contributed by atoms with Crippen LogP contribution in [0.15, 0.2) is 24.3 Å². The molecule has 1 unspecified atom stereocenters. The minimum absolute atomic E-state index is 0.0713. The Hall–Kier alpha value is -1.42. The molecule has 0 spiro atoms. The Kier molecular flexibility index (Phi) is 4.43. The second-order valence-electron chi connectivity index (χ2n) is 4.52. The average Bonchev–Trinajstić information content (AvgIpc) is 2.16. The molecule has 0 aromatic heterocycles. The number of nitrogens with two attached hydrogens (primary N) is 1. The van der Waals surface area contributed by atoms with Gasteiger partial charge in [-0.05, 0) is 24.3 Å². The second kappa shape index (κ2) is 5.61. The van der Waals surface area contributed by atoms with Gasteiger partial charge >= 0.3 is 0 Å². The zero-order valence-electron chi connectivity index (χ0n) is 9.72. The van der Waals surface area contributed by atoms with E-state index in [4.69, 9.17) is 5.73 Å². The first kappa shape index (κ1) is 12.6. The van der Waals surface area contributed by atoms with E-state index in [9.17, 15) is 10.1 Å². The molecule has 0 radical (unpaired) electrons. The molecular weight excluding hydrogens is 204 g/mol. The van der Waals surface area contributed by atoms with Crippen LogP contribution in [-0.4, -0.2) is 11.0 Å². The van der Waals surface area contributed by atoms with E-state index in [2.05, 4.69) is 13.8 Å². The number of non-ortho nitro benzene ring substituents is 1. The second-order valence-corrected chi connectivity index (χ2v) is 4.52. The smallest absolute Gasteiger partial charge is 0.269 e. The highest BCUT2D eigenvalue weighted by Crippen LogP contribution is 2.15. The summed E-state index contributed by atoms with van der Waals surface area (Å²) in [6, 6.07) is 6.75. The molecule has 0 aliphatic heterocycles. The van der Waals surface area contributed by atoms with Gasteiger partial charge in [0.1, 0.15) is 0 Å². The Bertz CT molecular complexity index is 364. The van der Waals surface area contributed by atoms with Crippen LogP contribution < -0.4 is 5.73 Å². The third kappa shape index (κ3) is 3.98. The van der Waals surface area contributed by atoms with Crippen LogP contribution in [0.3, 0.4) is 0 Å². The van der Waals surface area contributed by atoms with Crippen LogP contribution in [0.25, 0.3) is 0 Å². The maximum Gasteiger partial charge on any atom is 0.269 e. The Morgan fingerprint density at radius 1 is 1.44 bits per heavy atom. The lowest BCUT2D eigenvalue weighted by molar-refractivity contribution is -0.384. The topological polar surface area (TPSA) is 69.2 Å². The Morgan fingerprint density at radius 2 is 2.12 bits per heavy atom. The van der Waals surface area contributed by atoms with Gasteiger partial charge in [-0.1, -0.05) is 26.0 Å². The molecule has 1 aromatic carbocycles. The lowest BCUT2D eigenvalue weighted by Crippen LogP contribution is -2.24. The Labute approximate surface area is 95.6 Å². The fourth-order valence-corrected chi connectivity index (χ4v) is 1.79. The number of rotatable bonds is 5. The fraction of sp³-hybridized carbons (Fsp3) is 0.500. The molecule has 0 saturated carbocycles. The van der Waals surface area contributed by atoms with Crippen LogP contribution in [0.5, 0.6) is 0 Å². The molecule has 0 saturated heterocycles. The maximum atomic E-state index is 10.6. The number of nitro benzene ring substituents is 1. The first-order chi connectivity index (χ1) is 7.49. The summed E-state index contributed by atoms with van der Waals surface area (Å²) in [6.07, 6.45) is 1.63. The summed E-state index contributed by atoms with van der Waals surface area (Å²) < 4.78 is 0. The maximum absolute atomic E-state index is 10.6. The van der Waals surface area contributed by atoms with Crippen molar-refractivity contribution < 1.29 is 4.92 Å². The van der Waals surface area contributed by atoms with Gasteiger partial charge < -0.3 is 5.73 Å². The summed E-state index contributed by atoms with van der Waals surface area (Å²) in [5, 5.41) is 10.6. The highest BCUT2D eigenvalue weighted by Gasteiger charge is 2.10. The van der Waals surface area contributed by atoms with Gasteiger partial charge in [-0.15, -0.1) is 0 Å². The van der Waals surface area contributed by atoms with Crippen LogP contribution in [0.2, 0.25) is 0 Å². The van der Waals surface area contributed by atoms with E-state index >= 15 is 0 Å². The van der Waals surface area contributed by atoms with E-state index in [1.807, 2.05) is 6.07 Å². The minimum atomic E-state index is -0.378. The highest BCUT2D eigenvalue weighted by atomic mass is 16.6. The fourth-order valence-electron chi connectivity index (χ4n) is 1.79. The van der Waals surface area contributed by atoms with E-state index in [1.165, 1.54) is 6.07 Å². The summed E-state index contributed by atoms with van der Waals surface area (Å²) in [7, 11) is 0. The van der Waals surface area contributed by atoms with Gasteiger partial charge in [-0.25, -0.2) is 0 Å². The van der Waals surface area contributed by atoms with Crippen molar-refractivity contribution in [2.45, 2.75) is 32.7 Å². The third-order valence-electron chi connectivity index (χ3n) is 2.39. The van der Waals surface area contributed by atoms with Gasteiger partial charge in [0.05, 0.1) is 4.92 Å². The summed E-state index contributed by atoms with van der Waals surface area (Å²) in [5.41, 5.74) is 7.03. The van der Waals surface area contributed by atoms with Gasteiger partial charge in [0, 0.05) is 18.2 Å². The van der Waals surface area contributed by atoms with Gasteiger partial charge in [-0.2, -0.15) is 0 Å². The van der Waals surface area contributed by atoms with Crippen LogP contribution in [-0.2, 0) is 6.42 Å². The quantitative estimate of drug-likeness (QED) is 0.614. The van der Waals surface area contributed by atoms with Crippen molar-refractivity contribution in [1.82, 2.24) is 0 Å². The first-order valence-electron chi connectivity index (χ1n) is 5.48. The highest BCUT2D eigenvalue weighted by molar-refractivity contribution is 5.34. The summed E-state index contributed by atoms with van der Waals surface area (Å²) in [6.45, 7) is 4.24. The normalized spacial score (nSPS) is 12.8. The van der Waals surface area contributed by atoms with Crippen LogP contribution >= 0.6 is 0 Å². The molecule has 16 heavy (non-hydrogen) atoms. The Morgan fingerprint density at radius 3 is 2.69 bits per heavy atom. The van der Waals surface area contributed by atoms with E-state index in [-0.39, 0.29) is 16.7 Å². The van der Waals surface area contributed by atoms with E-state index in [0.29, 0.717) is 12.3 Å². The van der Waals surface area contributed by atoms with E-state index in [1.54, 1.807) is 12.1 Å². The molecule has 1 atom stereocenters. The van der Waals surface area contributed by atoms with Crippen LogP contribution in [0, 0.1) is 16.0 Å². The molecule has 0 aliphatic rings. The lowest BCUT2D eigenvalue weighted by Gasteiger charge is -2.13. The third-order valence-corrected chi connectivity index (χ3v) is 2.39. The van der Waals surface area contributed by atoms with Crippen molar-refractivity contribution in [3.8, 4) is 0 Å². The van der Waals surface area contributed by atoms with Gasteiger partial charge in [0.2, 0.25) is 0 Å². The molecule has 4 nitrogen and oxygen atoms in total. The number of nitrogens with zero attached hydrogens (tertiary/aromatic N) is 1. The molecule has 4 heteroatoms. The predicted molar refractivity (Wildman–Crippen MR) is 64.2 cm³/mol. The SMILES string of the molecule is CC(C)CC(N)Cc1cccc([N+](=O)[O-])c1. The zero-order chi connectivity index (χ0) is 12.1. The summed E-state index contributed by atoms with van der Waals surface area (Å²) in [4.78, 5) is 10.2. The minimum Gasteiger partial charge on any atom is -0.327 e. The number of benzene rings is 1. The average molecular weight is 222 g/mol. The molecular formula is C12H18N2O2. The van der Waals surface area contributed by atoms with Crippen LogP contribution in [0.4, 0.5) is 5.69 Å². The monoisotopic (exact) mass is 222 g/mol. The molecule has 0 bridgehead atoms. The molecule has 0 fully saturated rings. The predicted octanol–water partition coefficient (Wildman–Crippen LogP) is 2.51. The molecule has 2 N–H and O–H groups in total. The zero-order valence-corrected chi connectivity index (χ0v) is 9.72. The standard InChI is InChI=1S/C12H18N2O2/c1-9(2)6-11(13)7-10-4-3-5-12(8-10)14(15)16/h3-5,8-9,11H,6-7,13H2,1-2H3. The number of hydrogen-bond donors (Lipinski definition) is 1. The summed E-state index contributed by atoms with van der Waals surface area (Å²) in [5.74, 6) is 0.550. The van der Waals surface area contributed by atoms with Gasteiger partial charge in [-0.3, -0.25) is 10.1 Å². The molecule has 0 amide bonds. The molecule has 0 heterocycles. The first-order valence-corrected chi connectivity index (χ1v) is 5.48. The van der Waals surface area contributed by atoms with Crippen molar-refractivity contribution in [3.63, 3.8) is 0 Å². The molecule has 1 aromatic rings. The summed E-state index contributed by atoms with van der Waals surface area (Å²) >= 11 is 0. The van der Waals surface area contributed by atoms with E-state index < -0.39 is 0 Å².